The molecule has 0 aliphatic heterocycles. The first kappa shape index (κ1) is 12.8. The van der Waals surface area contributed by atoms with Crippen LogP contribution >= 0.6 is 0 Å². The second-order valence-corrected chi connectivity index (χ2v) is 3.73. The van der Waals surface area contributed by atoms with E-state index < -0.39 is 0 Å². The highest BCUT2D eigenvalue weighted by Gasteiger charge is 1.98. The number of hydrogen-bond donors (Lipinski definition) is 1. The maximum atomic E-state index is 12.7. The minimum absolute atomic E-state index is 0.345. The van der Waals surface area contributed by atoms with Gasteiger partial charge in [0.15, 0.2) is 0 Å². The Bertz CT molecular complexity index is 564. The van der Waals surface area contributed by atoms with Gasteiger partial charge in [0.2, 0.25) is 0 Å². The third-order valence-electron chi connectivity index (χ3n) is 2.28. The molecule has 2 rings (SSSR count). The lowest BCUT2D eigenvalue weighted by Crippen LogP contribution is -2.08. The number of benzene rings is 2. The van der Waals surface area contributed by atoms with Crippen molar-refractivity contribution in [2.75, 3.05) is 5.32 Å². The number of halogens is 1. The van der Waals surface area contributed by atoms with Crippen LogP contribution in [0.15, 0.2) is 66.9 Å². The molecule has 0 heterocycles. The predicted octanol–water partition coefficient (Wildman–Crippen LogP) is 3.36. The van der Waals surface area contributed by atoms with Crippen molar-refractivity contribution in [3.05, 3.63) is 72.8 Å². The third kappa shape index (κ3) is 4.27. The summed E-state index contributed by atoms with van der Waals surface area (Å²) in [4.78, 5) is 11.5. The molecule has 0 saturated carbocycles. The molecule has 0 radical (unpaired) electrons. The quantitative estimate of drug-likeness (QED) is 0.673. The van der Waals surface area contributed by atoms with Gasteiger partial charge in [-0.25, -0.2) is 4.39 Å². The molecule has 4 heteroatoms. The molecule has 19 heavy (non-hydrogen) atoms. The van der Waals surface area contributed by atoms with Crippen molar-refractivity contribution in [3.8, 4) is 5.75 Å². The zero-order valence-corrected chi connectivity index (χ0v) is 10.0. The van der Waals surface area contributed by atoms with Crippen LogP contribution in [0.4, 0.5) is 10.1 Å². The van der Waals surface area contributed by atoms with Crippen molar-refractivity contribution in [1.29, 1.82) is 0 Å². The summed E-state index contributed by atoms with van der Waals surface area (Å²) in [7, 11) is 0. The second-order valence-electron chi connectivity index (χ2n) is 3.73. The van der Waals surface area contributed by atoms with Crippen molar-refractivity contribution >= 4 is 11.6 Å². The van der Waals surface area contributed by atoms with Gasteiger partial charge in [-0.1, -0.05) is 18.2 Å². The minimum Gasteiger partial charge on any atom is -0.465 e. The summed E-state index contributed by atoms with van der Waals surface area (Å²) >= 11 is 0. The molecule has 1 amide bonds. The lowest BCUT2D eigenvalue weighted by molar-refractivity contribution is -0.112. The third-order valence-corrected chi connectivity index (χ3v) is 2.28. The van der Waals surface area contributed by atoms with Crippen molar-refractivity contribution in [3.63, 3.8) is 0 Å². The van der Waals surface area contributed by atoms with Crippen LogP contribution in [0.5, 0.6) is 5.75 Å². The minimum atomic E-state index is -0.346. The zero-order valence-electron chi connectivity index (χ0n) is 10.0. The van der Waals surface area contributed by atoms with E-state index in [9.17, 15) is 9.18 Å². The Morgan fingerprint density at radius 2 is 1.74 bits per heavy atom. The first-order chi connectivity index (χ1) is 9.24. The maximum absolute atomic E-state index is 12.7. The number of hydrogen-bond acceptors (Lipinski definition) is 2. The van der Waals surface area contributed by atoms with Crippen LogP contribution in [0.1, 0.15) is 0 Å². The van der Waals surface area contributed by atoms with E-state index in [1.807, 2.05) is 18.2 Å². The SMILES string of the molecule is O=C(C=COc1ccccc1)Nc1ccc(F)cc1. The molecule has 0 unspecified atom stereocenters. The topological polar surface area (TPSA) is 38.3 Å². The van der Waals surface area contributed by atoms with Gasteiger partial charge in [0.1, 0.15) is 11.6 Å². The Hall–Kier alpha value is -2.62. The normalized spacial score (nSPS) is 10.4. The van der Waals surface area contributed by atoms with Gasteiger partial charge < -0.3 is 10.1 Å². The standard InChI is InChI=1S/C15H12FNO2/c16-12-6-8-13(9-7-12)17-15(18)10-11-19-14-4-2-1-3-5-14/h1-11H,(H,17,18). The predicted molar refractivity (Wildman–Crippen MR) is 71.2 cm³/mol. The highest BCUT2D eigenvalue weighted by Crippen LogP contribution is 2.09. The molecule has 0 atom stereocenters. The van der Waals surface area contributed by atoms with Gasteiger partial charge in [-0.2, -0.15) is 0 Å². The molecule has 96 valence electrons. The average Bonchev–Trinajstić information content (AvgIpc) is 2.43. The van der Waals surface area contributed by atoms with Gasteiger partial charge in [-0.3, -0.25) is 4.79 Å². The Balaban J connectivity index is 1.86. The number of amides is 1. The van der Waals surface area contributed by atoms with Crippen LogP contribution in [-0.2, 0) is 4.79 Å². The first-order valence-corrected chi connectivity index (χ1v) is 5.69. The van der Waals surface area contributed by atoms with Gasteiger partial charge in [0.05, 0.1) is 6.26 Å². The van der Waals surface area contributed by atoms with Crippen molar-refractivity contribution in [2.45, 2.75) is 0 Å². The first-order valence-electron chi connectivity index (χ1n) is 5.69. The van der Waals surface area contributed by atoms with E-state index in [2.05, 4.69) is 5.32 Å². The van der Waals surface area contributed by atoms with E-state index in [-0.39, 0.29) is 11.7 Å². The smallest absolute Gasteiger partial charge is 0.251 e. The van der Waals surface area contributed by atoms with Gasteiger partial charge >= 0.3 is 0 Å². The molecule has 0 fully saturated rings. The Labute approximate surface area is 110 Å². The fourth-order valence-corrected chi connectivity index (χ4v) is 1.39. The molecule has 0 saturated heterocycles. The monoisotopic (exact) mass is 257 g/mol. The van der Waals surface area contributed by atoms with Crippen LogP contribution in [0.2, 0.25) is 0 Å². The molecule has 0 aromatic heterocycles. The van der Waals surface area contributed by atoms with Crippen LogP contribution < -0.4 is 10.1 Å². The number of anilines is 1. The largest absolute Gasteiger partial charge is 0.465 e. The zero-order chi connectivity index (χ0) is 13.5. The Morgan fingerprint density at radius 3 is 2.42 bits per heavy atom. The maximum Gasteiger partial charge on any atom is 0.251 e. The molecular weight excluding hydrogens is 245 g/mol. The number of para-hydroxylation sites is 1. The Morgan fingerprint density at radius 1 is 1.05 bits per heavy atom. The van der Waals surface area contributed by atoms with E-state index in [0.29, 0.717) is 11.4 Å². The summed E-state index contributed by atoms with van der Waals surface area (Å²) in [5, 5.41) is 2.58. The summed E-state index contributed by atoms with van der Waals surface area (Å²) in [6.45, 7) is 0. The number of carbonyl (C=O) groups excluding carboxylic acids is 1. The van der Waals surface area contributed by atoms with Crippen molar-refractivity contribution < 1.29 is 13.9 Å². The molecule has 0 aliphatic carbocycles. The summed E-state index contributed by atoms with van der Waals surface area (Å²) in [5.74, 6) is -0.0446. The fraction of sp³-hybridized carbons (Fsp3) is 0. The van der Waals surface area contributed by atoms with Crippen molar-refractivity contribution in [2.24, 2.45) is 0 Å². The van der Waals surface area contributed by atoms with Crippen LogP contribution in [0, 0.1) is 5.82 Å². The van der Waals surface area contributed by atoms with Crippen LogP contribution in [-0.4, -0.2) is 5.91 Å². The molecule has 3 nitrogen and oxygen atoms in total. The molecule has 2 aromatic carbocycles. The molecule has 0 spiro atoms. The molecule has 1 N–H and O–H groups in total. The van der Waals surface area contributed by atoms with E-state index in [0.717, 1.165) is 0 Å². The number of ether oxygens (including phenoxy) is 1. The summed E-state index contributed by atoms with van der Waals surface area (Å²) in [6, 6.07) is 14.6. The van der Waals surface area contributed by atoms with Crippen molar-refractivity contribution in [1.82, 2.24) is 0 Å². The number of nitrogens with one attached hydrogen (secondary N) is 1. The molecule has 0 bridgehead atoms. The highest BCUT2D eigenvalue weighted by atomic mass is 19.1. The van der Waals surface area contributed by atoms with Crippen LogP contribution in [0.25, 0.3) is 0 Å². The Kier molecular flexibility index (Phi) is 4.29. The van der Waals surface area contributed by atoms with E-state index in [1.54, 1.807) is 12.1 Å². The fourth-order valence-electron chi connectivity index (χ4n) is 1.39. The van der Waals surface area contributed by atoms with E-state index >= 15 is 0 Å². The average molecular weight is 257 g/mol. The summed E-state index contributed by atoms with van der Waals surface area (Å²) in [6.07, 6.45) is 2.56. The van der Waals surface area contributed by atoms with Crippen LogP contribution in [0.3, 0.4) is 0 Å². The van der Waals surface area contributed by atoms with Gasteiger partial charge in [-0.15, -0.1) is 0 Å². The van der Waals surface area contributed by atoms with E-state index in [4.69, 9.17) is 4.74 Å². The summed E-state index contributed by atoms with van der Waals surface area (Å²) < 4.78 is 17.9. The van der Waals surface area contributed by atoms with Gasteiger partial charge in [0.25, 0.3) is 5.91 Å². The second kappa shape index (κ2) is 6.35. The molecular formula is C15H12FNO2. The highest BCUT2D eigenvalue weighted by molar-refractivity contribution is 5.99. The summed E-state index contributed by atoms with van der Waals surface area (Å²) in [5.41, 5.74) is 0.524. The molecule has 0 aliphatic rings. The van der Waals surface area contributed by atoms with E-state index in [1.165, 1.54) is 36.6 Å². The molecule has 2 aromatic rings. The lowest BCUT2D eigenvalue weighted by Gasteiger charge is -2.01. The number of rotatable bonds is 4. The van der Waals surface area contributed by atoms with Gasteiger partial charge in [0, 0.05) is 11.8 Å². The lowest BCUT2D eigenvalue weighted by atomic mass is 10.3. The number of carbonyl (C=O) groups is 1. The van der Waals surface area contributed by atoms with Gasteiger partial charge in [-0.05, 0) is 36.4 Å².